The van der Waals surface area contributed by atoms with Crippen LogP contribution < -0.4 is 4.90 Å². The zero-order chi connectivity index (χ0) is 14.4. The van der Waals surface area contributed by atoms with Crippen LogP contribution in [0.2, 0.25) is 5.02 Å². The number of anilines is 1. The van der Waals surface area contributed by atoms with E-state index in [0.29, 0.717) is 11.6 Å². The van der Waals surface area contributed by atoms with Crippen molar-refractivity contribution in [3.05, 3.63) is 29.3 Å². The molecule has 1 aromatic rings. The van der Waals surface area contributed by atoms with Crippen molar-refractivity contribution in [2.24, 2.45) is 5.92 Å². The summed E-state index contributed by atoms with van der Waals surface area (Å²) in [5.41, 5.74) is 0.888. The third kappa shape index (κ3) is 5.09. The molecular weight excluding hydrogens is 264 g/mol. The highest BCUT2D eigenvalue weighted by molar-refractivity contribution is 6.33. The van der Waals surface area contributed by atoms with Crippen LogP contribution >= 0.6 is 11.6 Å². The minimum atomic E-state index is -0.790. The number of aliphatic carboxylic acids is 1. The van der Waals surface area contributed by atoms with Gasteiger partial charge < -0.3 is 14.9 Å². The van der Waals surface area contributed by atoms with Crippen LogP contribution in [0.15, 0.2) is 24.3 Å². The van der Waals surface area contributed by atoms with Crippen molar-refractivity contribution in [2.75, 3.05) is 38.6 Å². The molecule has 0 aliphatic carbocycles. The van der Waals surface area contributed by atoms with Gasteiger partial charge in [0.05, 0.1) is 16.6 Å². The van der Waals surface area contributed by atoms with Gasteiger partial charge in [0, 0.05) is 19.6 Å². The van der Waals surface area contributed by atoms with Crippen molar-refractivity contribution < 1.29 is 9.90 Å². The first-order valence-corrected chi connectivity index (χ1v) is 6.66. The second-order valence-corrected chi connectivity index (χ2v) is 5.35. The van der Waals surface area contributed by atoms with Crippen LogP contribution in [-0.4, -0.2) is 49.7 Å². The average molecular weight is 285 g/mol. The number of hydrogen-bond acceptors (Lipinski definition) is 3. The second kappa shape index (κ2) is 7.36. The maximum Gasteiger partial charge on any atom is 0.308 e. The van der Waals surface area contributed by atoms with Crippen LogP contribution in [0.3, 0.4) is 0 Å². The molecule has 19 heavy (non-hydrogen) atoms. The van der Waals surface area contributed by atoms with Gasteiger partial charge in [0.25, 0.3) is 0 Å². The maximum atomic E-state index is 11.0. The number of carboxylic acid groups (broad SMARTS) is 1. The Bertz CT molecular complexity index is 424. The van der Waals surface area contributed by atoms with Crippen LogP contribution in [0, 0.1) is 5.92 Å². The first kappa shape index (κ1) is 15.8. The number of rotatable bonds is 7. The van der Waals surface area contributed by atoms with Crippen molar-refractivity contribution in [3.63, 3.8) is 0 Å². The molecule has 0 aromatic heterocycles. The Kier molecular flexibility index (Phi) is 6.12. The monoisotopic (exact) mass is 284 g/mol. The Labute approximate surface area is 119 Å². The molecule has 1 N–H and O–H groups in total. The number of para-hydroxylation sites is 1. The highest BCUT2D eigenvalue weighted by Gasteiger charge is 2.18. The predicted molar refractivity (Wildman–Crippen MR) is 79.0 cm³/mol. The minimum Gasteiger partial charge on any atom is -0.481 e. The number of benzene rings is 1. The third-order valence-electron chi connectivity index (χ3n) is 2.93. The van der Waals surface area contributed by atoms with Gasteiger partial charge in [-0.1, -0.05) is 30.7 Å². The van der Waals surface area contributed by atoms with Crippen LogP contribution in [0.4, 0.5) is 5.69 Å². The lowest BCUT2D eigenvalue weighted by Gasteiger charge is -2.28. The molecule has 0 heterocycles. The molecule has 0 saturated heterocycles. The standard InChI is InChI=1S/C14H21ClN2O2/c1-11(14(18)19)10-17(9-8-16(2)3)13-7-5-4-6-12(13)15/h4-7,11H,8-10H2,1-3H3,(H,18,19). The lowest BCUT2D eigenvalue weighted by atomic mass is 10.1. The van der Waals surface area contributed by atoms with E-state index in [4.69, 9.17) is 16.7 Å². The number of carbonyl (C=O) groups is 1. The highest BCUT2D eigenvalue weighted by Crippen LogP contribution is 2.25. The van der Waals surface area contributed by atoms with E-state index >= 15 is 0 Å². The number of nitrogens with zero attached hydrogens (tertiary/aromatic N) is 2. The van der Waals surface area contributed by atoms with Gasteiger partial charge in [-0.05, 0) is 26.2 Å². The Morgan fingerprint density at radius 2 is 1.95 bits per heavy atom. The Morgan fingerprint density at radius 1 is 1.32 bits per heavy atom. The van der Waals surface area contributed by atoms with E-state index in [1.807, 2.05) is 43.3 Å². The van der Waals surface area contributed by atoms with Crippen LogP contribution in [0.5, 0.6) is 0 Å². The van der Waals surface area contributed by atoms with Crippen molar-refractivity contribution in [2.45, 2.75) is 6.92 Å². The van der Waals surface area contributed by atoms with E-state index in [-0.39, 0.29) is 0 Å². The molecule has 0 aliphatic rings. The molecule has 0 aliphatic heterocycles. The lowest BCUT2D eigenvalue weighted by molar-refractivity contribution is -0.140. The summed E-state index contributed by atoms with van der Waals surface area (Å²) < 4.78 is 0. The van der Waals surface area contributed by atoms with Crippen LogP contribution in [0.25, 0.3) is 0 Å². The summed E-state index contributed by atoms with van der Waals surface area (Å²) in [7, 11) is 3.98. The van der Waals surface area contributed by atoms with Gasteiger partial charge in [-0.2, -0.15) is 0 Å². The van der Waals surface area contributed by atoms with Gasteiger partial charge in [-0.25, -0.2) is 0 Å². The molecule has 4 nitrogen and oxygen atoms in total. The lowest BCUT2D eigenvalue weighted by Crippen LogP contribution is -2.37. The van der Waals surface area contributed by atoms with Crippen LogP contribution in [-0.2, 0) is 4.79 Å². The average Bonchev–Trinajstić information content (AvgIpc) is 2.34. The molecule has 5 heteroatoms. The molecular formula is C14H21ClN2O2. The first-order valence-electron chi connectivity index (χ1n) is 6.29. The Hall–Kier alpha value is -1.26. The Morgan fingerprint density at radius 3 is 2.47 bits per heavy atom. The molecule has 1 aromatic carbocycles. The summed E-state index contributed by atoms with van der Waals surface area (Å²) >= 11 is 6.19. The highest BCUT2D eigenvalue weighted by atomic mass is 35.5. The Balaban J connectivity index is 2.85. The van der Waals surface area contributed by atoms with Crippen molar-refractivity contribution in [1.82, 2.24) is 4.90 Å². The summed E-state index contributed by atoms with van der Waals surface area (Å²) in [5.74, 6) is -1.22. The van der Waals surface area contributed by atoms with Gasteiger partial charge in [-0.15, -0.1) is 0 Å². The molecule has 0 radical (unpaired) electrons. The SMILES string of the molecule is CC(CN(CCN(C)C)c1ccccc1Cl)C(=O)O. The zero-order valence-corrected chi connectivity index (χ0v) is 12.4. The third-order valence-corrected chi connectivity index (χ3v) is 3.25. The molecule has 1 rings (SSSR count). The smallest absolute Gasteiger partial charge is 0.308 e. The summed E-state index contributed by atoms with van der Waals surface area (Å²) in [6, 6.07) is 7.53. The van der Waals surface area contributed by atoms with Crippen molar-refractivity contribution >= 4 is 23.3 Å². The second-order valence-electron chi connectivity index (χ2n) is 4.94. The molecule has 1 atom stereocenters. The van der Waals surface area contributed by atoms with Gasteiger partial charge in [0.1, 0.15) is 0 Å². The summed E-state index contributed by atoms with van der Waals surface area (Å²) in [6.07, 6.45) is 0. The molecule has 106 valence electrons. The van der Waals surface area contributed by atoms with E-state index in [1.165, 1.54) is 0 Å². The van der Waals surface area contributed by atoms with E-state index in [9.17, 15) is 4.79 Å². The molecule has 0 spiro atoms. The van der Waals surface area contributed by atoms with E-state index in [0.717, 1.165) is 18.8 Å². The topological polar surface area (TPSA) is 43.8 Å². The molecule has 0 fully saturated rings. The van der Waals surface area contributed by atoms with E-state index in [1.54, 1.807) is 6.92 Å². The van der Waals surface area contributed by atoms with Crippen molar-refractivity contribution in [3.8, 4) is 0 Å². The number of likely N-dealkylation sites (N-methyl/N-ethyl adjacent to an activating group) is 1. The van der Waals surface area contributed by atoms with Crippen molar-refractivity contribution in [1.29, 1.82) is 0 Å². The molecule has 0 saturated carbocycles. The van der Waals surface area contributed by atoms with Gasteiger partial charge in [-0.3, -0.25) is 4.79 Å². The quantitative estimate of drug-likeness (QED) is 0.835. The summed E-state index contributed by atoms with van der Waals surface area (Å²) in [5, 5.41) is 9.71. The summed E-state index contributed by atoms with van der Waals surface area (Å²) in [6.45, 7) is 3.75. The predicted octanol–water partition coefficient (Wildman–Crippen LogP) is 2.43. The number of carboxylic acids is 1. The maximum absolute atomic E-state index is 11.0. The largest absolute Gasteiger partial charge is 0.481 e. The fourth-order valence-electron chi connectivity index (χ4n) is 1.75. The van der Waals surface area contributed by atoms with Gasteiger partial charge in [0.2, 0.25) is 0 Å². The summed E-state index contributed by atoms with van der Waals surface area (Å²) in [4.78, 5) is 15.1. The normalized spacial score (nSPS) is 12.5. The number of halogens is 1. The minimum absolute atomic E-state index is 0.432. The number of hydrogen-bond donors (Lipinski definition) is 1. The fourth-order valence-corrected chi connectivity index (χ4v) is 2.00. The van der Waals surface area contributed by atoms with Crippen LogP contribution in [0.1, 0.15) is 6.92 Å². The first-order chi connectivity index (χ1) is 8.91. The molecule has 0 amide bonds. The molecule has 0 bridgehead atoms. The van der Waals surface area contributed by atoms with E-state index < -0.39 is 11.9 Å². The van der Waals surface area contributed by atoms with Gasteiger partial charge in [0.15, 0.2) is 0 Å². The van der Waals surface area contributed by atoms with E-state index in [2.05, 4.69) is 4.90 Å². The fraction of sp³-hybridized carbons (Fsp3) is 0.500. The zero-order valence-electron chi connectivity index (χ0n) is 11.6. The molecule has 1 unspecified atom stereocenters. The van der Waals surface area contributed by atoms with Gasteiger partial charge >= 0.3 is 5.97 Å².